The average molecular weight is 220 g/mol. The summed E-state index contributed by atoms with van der Waals surface area (Å²) in [4.78, 5) is 15.2. The molecule has 1 aromatic heterocycles. The topological polar surface area (TPSA) is 62.2 Å². The Bertz CT molecular complexity index is 336. The summed E-state index contributed by atoms with van der Waals surface area (Å²) < 4.78 is 0. The minimum Gasteiger partial charge on any atom is -0.396 e. The molecule has 2 N–H and O–H groups in total. The fourth-order valence-corrected chi connectivity index (χ4v) is 1.15. The molecule has 1 heterocycles. The highest BCUT2D eigenvalue weighted by atomic mass is 16.2. The molecule has 1 amide bonds. The molecule has 0 atom stereocenters. The van der Waals surface area contributed by atoms with Gasteiger partial charge in [-0.25, -0.2) is 0 Å². The van der Waals surface area contributed by atoms with Gasteiger partial charge in [0, 0.05) is 31.6 Å². The van der Waals surface area contributed by atoms with Crippen molar-refractivity contribution in [1.82, 2.24) is 10.3 Å². The maximum atomic E-state index is 11.3. The Kier molecular flexibility index (Phi) is 5.88. The Morgan fingerprint density at radius 3 is 3.06 bits per heavy atom. The van der Waals surface area contributed by atoms with Crippen molar-refractivity contribution in [2.24, 2.45) is 0 Å². The number of rotatable bonds is 6. The second-order valence-corrected chi connectivity index (χ2v) is 3.34. The van der Waals surface area contributed by atoms with Gasteiger partial charge in [-0.05, 0) is 30.5 Å². The maximum absolute atomic E-state index is 11.3. The smallest absolute Gasteiger partial charge is 0.243 e. The third-order valence-corrected chi connectivity index (χ3v) is 2.00. The van der Waals surface area contributed by atoms with Crippen molar-refractivity contribution in [1.29, 1.82) is 0 Å². The molecule has 0 aliphatic carbocycles. The van der Waals surface area contributed by atoms with E-state index in [2.05, 4.69) is 10.3 Å². The molecule has 16 heavy (non-hydrogen) atoms. The Labute approximate surface area is 95.0 Å². The van der Waals surface area contributed by atoms with Gasteiger partial charge < -0.3 is 10.4 Å². The first-order valence-electron chi connectivity index (χ1n) is 5.30. The summed E-state index contributed by atoms with van der Waals surface area (Å²) in [6.07, 6.45) is 8.09. The van der Waals surface area contributed by atoms with Crippen molar-refractivity contribution in [2.45, 2.75) is 12.8 Å². The standard InChI is InChI=1S/C12H16N2O2/c15-9-2-1-8-14-12(16)6-5-11-4-3-7-13-10-11/h3-7,10,15H,1-2,8-9H2,(H,14,16)/b6-5+. The summed E-state index contributed by atoms with van der Waals surface area (Å²) in [5.41, 5.74) is 0.896. The Balaban J connectivity index is 2.26. The summed E-state index contributed by atoms with van der Waals surface area (Å²) in [6.45, 7) is 0.762. The zero-order valence-electron chi connectivity index (χ0n) is 9.10. The number of aliphatic hydroxyl groups excluding tert-OH is 1. The first-order chi connectivity index (χ1) is 7.83. The predicted molar refractivity (Wildman–Crippen MR) is 62.6 cm³/mol. The van der Waals surface area contributed by atoms with Crippen LogP contribution in [0.1, 0.15) is 18.4 Å². The number of unbranched alkanes of at least 4 members (excludes halogenated alkanes) is 1. The van der Waals surface area contributed by atoms with Gasteiger partial charge in [-0.2, -0.15) is 0 Å². The highest BCUT2D eigenvalue weighted by Crippen LogP contribution is 1.97. The number of carbonyl (C=O) groups excluding carboxylic acids is 1. The third-order valence-electron chi connectivity index (χ3n) is 2.00. The second-order valence-electron chi connectivity index (χ2n) is 3.34. The third kappa shape index (κ3) is 5.26. The van der Waals surface area contributed by atoms with Gasteiger partial charge in [0.25, 0.3) is 0 Å². The molecule has 0 aliphatic rings. The summed E-state index contributed by atoms with van der Waals surface area (Å²) in [5, 5.41) is 11.3. The molecule has 0 saturated heterocycles. The van der Waals surface area contributed by atoms with Crippen molar-refractivity contribution in [3.05, 3.63) is 36.2 Å². The fourth-order valence-electron chi connectivity index (χ4n) is 1.15. The van der Waals surface area contributed by atoms with E-state index in [4.69, 9.17) is 5.11 Å². The zero-order chi connectivity index (χ0) is 11.6. The van der Waals surface area contributed by atoms with Crippen molar-refractivity contribution in [3.63, 3.8) is 0 Å². The SMILES string of the molecule is O=C(/C=C/c1cccnc1)NCCCCO. The van der Waals surface area contributed by atoms with E-state index in [9.17, 15) is 4.79 Å². The van der Waals surface area contributed by atoms with Gasteiger partial charge in [-0.15, -0.1) is 0 Å². The van der Waals surface area contributed by atoms with Gasteiger partial charge >= 0.3 is 0 Å². The van der Waals surface area contributed by atoms with Crippen LogP contribution < -0.4 is 5.32 Å². The monoisotopic (exact) mass is 220 g/mol. The van der Waals surface area contributed by atoms with Crippen LogP contribution in [-0.4, -0.2) is 29.1 Å². The highest BCUT2D eigenvalue weighted by molar-refractivity contribution is 5.91. The lowest BCUT2D eigenvalue weighted by Gasteiger charge is -1.99. The lowest BCUT2D eigenvalue weighted by molar-refractivity contribution is -0.116. The van der Waals surface area contributed by atoms with Crippen LogP contribution >= 0.6 is 0 Å². The highest BCUT2D eigenvalue weighted by Gasteiger charge is 1.94. The lowest BCUT2D eigenvalue weighted by atomic mass is 10.2. The van der Waals surface area contributed by atoms with Crippen molar-refractivity contribution in [2.75, 3.05) is 13.2 Å². The molecule has 0 bridgehead atoms. The number of aliphatic hydroxyl groups is 1. The molecule has 0 aromatic carbocycles. The van der Waals surface area contributed by atoms with E-state index in [-0.39, 0.29) is 12.5 Å². The van der Waals surface area contributed by atoms with Gasteiger partial charge in [-0.1, -0.05) is 6.07 Å². The Hall–Kier alpha value is -1.68. The minimum atomic E-state index is -0.123. The van der Waals surface area contributed by atoms with Gasteiger partial charge in [0.1, 0.15) is 0 Å². The van der Waals surface area contributed by atoms with Crippen molar-refractivity contribution < 1.29 is 9.90 Å². The van der Waals surface area contributed by atoms with Crippen LogP contribution in [0.4, 0.5) is 0 Å². The molecule has 0 saturated carbocycles. The summed E-state index contributed by atoms with van der Waals surface area (Å²) >= 11 is 0. The number of carbonyl (C=O) groups is 1. The van der Waals surface area contributed by atoms with Crippen molar-refractivity contribution in [3.8, 4) is 0 Å². The summed E-state index contributed by atoms with van der Waals surface area (Å²) in [5.74, 6) is -0.123. The van der Waals surface area contributed by atoms with E-state index < -0.39 is 0 Å². The Morgan fingerprint density at radius 2 is 2.38 bits per heavy atom. The average Bonchev–Trinajstić information content (AvgIpc) is 2.33. The number of hydrogen-bond acceptors (Lipinski definition) is 3. The van der Waals surface area contributed by atoms with Crippen LogP contribution in [-0.2, 0) is 4.79 Å². The molecule has 0 unspecified atom stereocenters. The molecule has 86 valence electrons. The van der Waals surface area contributed by atoms with Gasteiger partial charge in [0.15, 0.2) is 0 Å². The number of aromatic nitrogens is 1. The largest absolute Gasteiger partial charge is 0.396 e. The first-order valence-corrected chi connectivity index (χ1v) is 5.30. The molecule has 4 nitrogen and oxygen atoms in total. The van der Waals surface area contributed by atoms with E-state index in [1.54, 1.807) is 18.5 Å². The minimum absolute atomic E-state index is 0.123. The van der Waals surface area contributed by atoms with Gasteiger partial charge in [0.2, 0.25) is 5.91 Å². The molecule has 0 aliphatic heterocycles. The second kappa shape index (κ2) is 7.59. The molecule has 0 spiro atoms. The Morgan fingerprint density at radius 1 is 1.50 bits per heavy atom. The fraction of sp³-hybridized carbons (Fsp3) is 0.333. The lowest BCUT2D eigenvalue weighted by Crippen LogP contribution is -2.22. The number of pyridine rings is 1. The molecular formula is C12H16N2O2. The summed E-state index contributed by atoms with van der Waals surface area (Å²) in [6, 6.07) is 3.70. The molecule has 0 fully saturated rings. The van der Waals surface area contributed by atoms with E-state index >= 15 is 0 Å². The number of amides is 1. The van der Waals surface area contributed by atoms with Gasteiger partial charge in [0.05, 0.1) is 0 Å². The van der Waals surface area contributed by atoms with E-state index in [1.807, 2.05) is 12.1 Å². The normalized spacial score (nSPS) is 10.6. The van der Waals surface area contributed by atoms with E-state index in [1.165, 1.54) is 6.08 Å². The summed E-state index contributed by atoms with van der Waals surface area (Å²) in [7, 11) is 0. The van der Waals surface area contributed by atoms with Crippen LogP contribution in [0, 0.1) is 0 Å². The first kappa shape index (κ1) is 12.4. The van der Waals surface area contributed by atoms with Crippen LogP contribution in [0.15, 0.2) is 30.6 Å². The maximum Gasteiger partial charge on any atom is 0.243 e. The number of hydrogen-bond donors (Lipinski definition) is 2. The number of nitrogens with one attached hydrogen (secondary N) is 1. The van der Waals surface area contributed by atoms with Gasteiger partial charge in [-0.3, -0.25) is 9.78 Å². The zero-order valence-corrected chi connectivity index (χ0v) is 9.10. The van der Waals surface area contributed by atoms with Crippen LogP contribution in [0.3, 0.4) is 0 Å². The molecular weight excluding hydrogens is 204 g/mol. The molecule has 4 heteroatoms. The van der Waals surface area contributed by atoms with E-state index in [0.717, 1.165) is 12.0 Å². The molecule has 0 radical (unpaired) electrons. The van der Waals surface area contributed by atoms with E-state index in [0.29, 0.717) is 13.0 Å². The quantitative estimate of drug-likeness (QED) is 0.555. The van der Waals surface area contributed by atoms with Crippen LogP contribution in [0.25, 0.3) is 6.08 Å². The molecule has 1 aromatic rings. The predicted octanol–water partition coefficient (Wildman–Crippen LogP) is 0.983. The van der Waals surface area contributed by atoms with Crippen LogP contribution in [0.5, 0.6) is 0 Å². The van der Waals surface area contributed by atoms with Crippen molar-refractivity contribution >= 4 is 12.0 Å². The van der Waals surface area contributed by atoms with Crippen LogP contribution in [0.2, 0.25) is 0 Å². The number of nitrogens with zero attached hydrogens (tertiary/aromatic N) is 1. The molecule has 1 rings (SSSR count).